The Kier molecular flexibility index (Phi) is 11.1. The summed E-state index contributed by atoms with van der Waals surface area (Å²) in [6.45, 7) is 12.7. The van der Waals surface area contributed by atoms with Crippen LogP contribution >= 0.6 is 12.4 Å². The predicted molar refractivity (Wildman–Crippen MR) is 110 cm³/mol. The average molecular weight is 451 g/mol. The summed E-state index contributed by atoms with van der Waals surface area (Å²) in [6, 6.07) is 15.2. The molecule has 0 atom stereocenters. The molecule has 1 heterocycles. The summed E-state index contributed by atoms with van der Waals surface area (Å²) in [6.07, 6.45) is 0. The van der Waals surface area contributed by atoms with Crippen LogP contribution in [0.15, 0.2) is 46.9 Å². The third-order valence-electron chi connectivity index (χ3n) is 4.78. The van der Waals surface area contributed by atoms with Crippen molar-refractivity contribution in [3.05, 3.63) is 47.8 Å². The first-order chi connectivity index (χ1) is 11.7. The maximum absolute atomic E-state index is 6.25. The number of benzene rings is 2. The first-order valence-electron chi connectivity index (χ1n) is 9.00. The molecule has 1 aromatic carbocycles. The van der Waals surface area contributed by atoms with E-state index in [0.29, 0.717) is 0 Å². The van der Waals surface area contributed by atoms with Gasteiger partial charge in [0.25, 0.3) is 0 Å². The van der Waals surface area contributed by atoms with E-state index in [4.69, 9.17) is 4.42 Å². The largest absolute Gasteiger partial charge is 3.00 e. The van der Waals surface area contributed by atoms with Gasteiger partial charge >= 0.3 is 17.1 Å². The number of fused-ring (bicyclic) bond motifs is 2. The van der Waals surface area contributed by atoms with Crippen LogP contribution < -0.4 is 27.2 Å². The third-order valence-corrected chi connectivity index (χ3v) is 4.78. The van der Waals surface area contributed by atoms with E-state index in [1.54, 1.807) is 0 Å². The van der Waals surface area contributed by atoms with Gasteiger partial charge in [0.2, 0.25) is 5.36 Å². The van der Waals surface area contributed by atoms with Crippen LogP contribution in [-0.4, -0.2) is 26.2 Å². The van der Waals surface area contributed by atoms with Gasteiger partial charge in [-0.15, -0.1) is 12.4 Å². The van der Waals surface area contributed by atoms with Crippen molar-refractivity contribution >= 4 is 29.1 Å². The third kappa shape index (κ3) is 5.42. The minimum Gasteiger partial charge on any atom is -1.00 e. The molecule has 0 aromatic heterocycles. The number of hydrogen-bond donors (Lipinski definition) is 0. The second-order valence-electron chi connectivity index (χ2n) is 6.04. The van der Waals surface area contributed by atoms with Gasteiger partial charge < -0.3 is 21.7 Å². The zero-order valence-corrected chi connectivity index (χ0v) is 19.0. The van der Waals surface area contributed by atoms with Gasteiger partial charge in [-0.3, -0.25) is 0 Å². The standard InChI is InChI=1S/C21H27N2O.2ClH.Fe/c1-5-22(6-2)18-11-9-16-13-17-10-12-19(23(7-3)8-4)15-21(17)24-20(16)14-18;;;/h9-15H,5-8H2,1-4H3;2*1H;/q+1;;;+3/p-1. The van der Waals surface area contributed by atoms with Crippen molar-refractivity contribution in [1.82, 2.24) is 4.58 Å². The maximum Gasteiger partial charge on any atom is 3.00 e. The Morgan fingerprint density at radius 2 is 1.56 bits per heavy atom. The maximum atomic E-state index is 6.25. The number of hydrogen-bond acceptors (Lipinski definition) is 2. The molecule has 1 aromatic rings. The van der Waals surface area contributed by atoms with Crippen molar-refractivity contribution in [3.63, 3.8) is 0 Å². The molecule has 0 spiro atoms. The van der Waals surface area contributed by atoms with Gasteiger partial charge in [-0.2, -0.15) is 0 Å². The minimum atomic E-state index is 0. The van der Waals surface area contributed by atoms with E-state index in [2.05, 4.69) is 79.6 Å². The fraction of sp³-hybridized carbons (Fsp3) is 0.381. The monoisotopic (exact) mass is 450 g/mol. The zero-order chi connectivity index (χ0) is 17.1. The Labute approximate surface area is 185 Å². The summed E-state index contributed by atoms with van der Waals surface area (Å²) in [7, 11) is 0. The van der Waals surface area contributed by atoms with Gasteiger partial charge in [0.15, 0.2) is 0 Å². The van der Waals surface area contributed by atoms with Crippen molar-refractivity contribution in [2.75, 3.05) is 31.1 Å². The first-order valence-corrected chi connectivity index (χ1v) is 9.00. The summed E-state index contributed by atoms with van der Waals surface area (Å²) in [5, 5.41) is 2.37. The van der Waals surface area contributed by atoms with Crippen LogP contribution in [0.2, 0.25) is 0 Å². The molecule has 0 saturated heterocycles. The van der Waals surface area contributed by atoms with E-state index in [1.807, 2.05) is 0 Å². The van der Waals surface area contributed by atoms with E-state index in [1.165, 1.54) is 11.0 Å². The van der Waals surface area contributed by atoms with Crippen LogP contribution in [0, 0.1) is 0 Å². The van der Waals surface area contributed by atoms with Gasteiger partial charge in [-0.1, -0.05) is 0 Å². The molecule has 0 amide bonds. The van der Waals surface area contributed by atoms with E-state index < -0.39 is 0 Å². The summed E-state index contributed by atoms with van der Waals surface area (Å²) >= 11 is 0. The Morgan fingerprint density at radius 1 is 0.889 bits per heavy atom. The number of nitrogens with zero attached hydrogens (tertiary/aromatic N) is 2. The number of anilines is 1. The Balaban J connectivity index is 0.00000225. The van der Waals surface area contributed by atoms with Crippen molar-refractivity contribution < 1.29 is 33.9 Å². The molecule has 0 N–H and O–H groups in total. The van der Waals surface area contributed by atoms with E-state index >= 15 is 0 Å². The SMILES string of the molecule is CCN(CC)c1ccc2cc3ccc(=[N+](CC)CC)cc-3oc2c1.Cl.[Cl-].[Fe+3]. The average Bonchev–Trinajstić information content (AvgIpc) is 2.62. The molecule has 0 bridgehead atoms. The van der Waals surface area contributed by atoms with Gasteiger partial charge in [0, 0.05) is 41.9 Å². The molecule has 27 heavy (non-hydrogen) atoms. The fourth-order valence-electron chi connectivity index (χ4n) is 3.32. The van der Waals surface area contributed by atoms with Crippen molar-refractivity contribution in [3.8, 4) is 11.3 Å². The summed E-state index contributed by atoms with van der Waals surface area (Å²) < 4.78 is 8.59. The Hall–Kier alpha value is -1.19. The Bertz CT molecular complexity index is 885. The molecule has 3 rings (SSSR count). The van der Waals surface area contributed by atoms with E-state index in [0.717, 1.165) is 48.5 Å². The smallest absolute Gasteiger partial charge is 1.00 e. The Morgan fingerprint density at radius 3 is 2.15 bits per heavy atom. The van der Waals surface area contributed by atoms with Crippen molar-refractivity contribution in [2.24, 2.45) is 0 Å². The van der Waals surface area contributed by atoms with Crippen molar-refractivity contribution in [1.29, 1.82) is 0 Å². The van der Waals surface area contributed by atoms with E-state index in [-0.39, 0.29) is 41.9 Å². The molecule has 3 nitrogen and oxygen atoms in total. The second kappa shape index (κ2) is 11.6. The summed E-state index contributed by atoms with van der Waals surface area (Å²) in [5.74, 6) is 0.948. The van der Waals surface area contributed by atoms with Crippen molar-refractivity contribution in [2.45, 2.75) is 27.7 Å². The van der Waals surface area contributed by atoms with Crippen LogP contribution in [0.5, 0.6) is 0 Å². The summed E-state index contributed by atoms with van der Waals surface area (Å²) in [5.41, 5.74) is 3.31. The molecular weight excluding hydrogens is 423 g/mol. The fourth-order valence-corrected chi connectivity index (χ4v) is 3.32. The minimum absolute atomic E-state index is 0. The molecule has 6 heteroatoms. The number of halogens is 2. The molecule has 1 aliphatic carbocycles. The molecule has 0 unspecified atom stereocenters. The molecule has 147 valence electrons. The van der Waals surface area contributed by atoms with Gasteiger partial charge in [-0.05, 0) is 52.0 Å². The van der Waals surface area contributed by atoms with Crippen LogP contribution in [0.1, 0.15) is 27.7 Å². The normalized spacial score (nSPS) is 9.93. The van der Waals surface area contributed by atoms with Crippen LogP contribution in [0.3, 0.4) is 0 Å². The zero-order valence-electron chi connectivity index (χ0n) is 16.3. The van der Waals surface area contributed by atoms with E-state index in [9.17, 15) is 0 Å². The van der Waals surface area contributed by atoms with Crippen LogP contribution in [-0.2, 0) is 17.1 Å². The van der Waals surface area contributed by atoms with Crippen LogP contribution in [0.4, 0.5) is 5.69 Å². The quantitative estimate of drug-likeness (QED) is 0.334. The molecule has 1 aliphatic heterocycles. The van der Waals surface area contributed by atoms with Gasteiger partial charge in [0.05, 0.1) is 6.07 Å². The second-order valence-corrected chi connectivity index (χ2v) is 6.04. The molecule has 1 radical (unpaired) electrons. The predicted octanol–water partition coefficient (Wildman–Crippen LogP) is 1.62. The van der Waals surface area contributed by atoms with Gasteiger partial charge in [-0.25, -0.2) is 4.58 Å². The molecule has 0 saturated carbocycles. The molecule has 2 aliphatic rings. The summed E-state index contributed by atoms with van der Waals surface area (Å²) in [4.78, 5) is 2.34. The molecular formula is C21H28Cl2FeN2O+3. The number of rotatable bonds is 5. The topological polar surface area (TPSA) is 19.4 Å². The van der Waals surface area contributed by atoms with Gasteiger partial charge in [0.1, 0.15) is 24.4 Å². The first kappa shape index (κ1) is 25.8. The van der Waals surface area contributed by atoms with Crippen LogP contribution in [0.25, 0.3) is 22.3 Å². The molecule has 0 fully saturated rings.